The predicted molar refractivity (Wildman–Crippen MR) is 69.5 cm³/mol. The van der Waals surface area contributed by atoms with Crippen molar-refractivity contribution in [2.75, 3.05) is 11.9 Å². The van der Waals surface area contributed by atoms with E-state index in [0.29, 0.717) is 5.69 Å². The Morgan fingerprint density at radius 2 is 1.83 bits per heavy atom. The maximum Gasteiger partial charge on any atom is 0.269 e. The molecule has 6 nitrogen and oxygen atoms in total. The summed E-state index contributed by atoms with van der Waals surface area (Å²) in [5.74, 6) is -0.182. The molecule has 0 saturated heterocycles. The molecule has 1 aromatic carbocycles. The van der Waals surface area contributed by atoms with Crippen molar-refractivity contribution >= 4 is 17.3 Å². The molecule has 1 rings (SSSR count). The molecule has 0 bridgehead atoms. The van der Waals surface area contributed by atoms with Gasteiger partial charge in [-0.05, 0) is 32.9 Å². The van der Waals surface area contributed by atoms with Crippen LogP contribution in [0.5, 0.6) is 0 Å². The van der Waals surface area contributed by atoms with E-state index < -0.39 is 4.92 Å². The number of carbonyl (C=O) groups is 1. The normalized spacial score (nSPS) is 11.1. The number of amides is 1. The largest absolute Gasteiger partial charge is 0.325 e. The van der Waals surface area contributed by atoms with Gasteiger partial charge in [-0.1, -0.05) is 0 Å². The Balaban J connectivity index is 2.52. The third-order valence-electron chi connectivity index (χ3n) is 2.14. The number of nitro groups is 1. The number of carbonyl (C=O) groups excluding carboxylic acids is 1. The minimum atomic E-state index is -0.479. The summed E-state index contributed by atoms with van der Waals surface area (Å²) in [6.07, 6.45) is 0. The van der Waals surface area contributed by atoms with Gasteiger partial charge in [0.25, 0.3) is 5.69 Å². The summed E-state index contributed by atoms with van der Waals surface area (Å²) in [5, 5.41) is 16.2. The Hall–Kier alpha value is -1.95. The Morgan fingerprint density at radius 1 is 1.28 bits per heavy atom. The van der Waals surface area contributed by atoms with E-state index >= 15 is 0 Å². The molecule has 0 saturated carbocycles. The molecule has 0 atom stereocenters. The topological polar surface area (TPSA) is 84.3 Å². The van der Waals surface area contributed by atoms with E-state index in [1.54, 1.807) is 0 Å². The number of nitrogens with one attached hydrogen (secondary N) is 2. The standard InChI is InChI=1S/C12H17N3O3/c1-12(2,3)13-8-11(16)14-9-4-6-10(7-5-9)15(17)18/h4-7,13H,8H2,1-3H3,(H,14,16). The Labute approximate surface area is 106 Å². The average Bonchev–Trinajstić information content (AvgIpc) is 2.26. The van der Waals surface area contributed by atoms with Crippen LogP contribution in [0.2, 0.25) is 0 Å². The first kappa shape index (κ1) is 14.1. The number of nitro benzene ring substituents is 1. The summed E-state index contributed by atoms with van der Waals surface area (Å²) in [4.78, 5) is 21.5. The molecule has 1 aromatic rings. The van der Waals surface area contributed by atoms with Gasteiger partial charge in [-0.3, -0.25) is 14.9 Å². The SMILES string of the molecule is CC(C)(C)NCC(=O)Nc1ccc([N+](=O)[O-])cc1. The van der Waals surface area contributed by atoms with Gasteiger partial charge in [-0.15, -0.1) is 0 Å². The van der Waals surface area contributed by atoms with Gasteiger partial charge in [0.2, 0.25) is 5.91 Å². The van der Waals surface area contributed by atoms with E-state index in [4.69, 9.17) is 0 Å². The number of non-ortho nitro benzene ring substituents is 1. The van der Waals surface area contributed by atoms with Gasteiger partial charge in [0, 0.05) is 23.4 Å². The van der Waals surface area contributed by atoms with Crippen molar-refractivity contribution in [3.8, 4) is 0 Å². The number of benzene rings is 1. The third kappa shape index (κ3) is 4.92. The van der Waals surface area contributed by atoms with Gasteiger partial charge < -0.3 is 10.6 Å². The summed E-state index contributed by atoms with van der Waals surface area (Å²) in [5.41, 5.74) is 0.412. The monoisotopic (exact) mass is 251 g/mol. The molecule has 2 N–H and O–H groups in total. The highest BCUT2D eigenvalue weighted by molar-refractivity contribution is 5.92. The van der Waals surface area contributed by atoms with Gasteiger partial charge in [-0.25, -0.2) is 0 Å². The highest BCUT2D eigenvalue weighted by atomic mass is 16.6. The molecule has 0 radical (unpaired) electrons. The maximum absolute atomic E-state index is 11.6. The molecule has 0 aromatic heterocycles. The zero-order valence-corrected chi connectivity index (χ0v) is 10.7. The minimum absolute atomic E-state index is 0.000755. The van der Waals surface area contributed by atoms with Crippen LogP contribution in [-0.4, -0.2) is 22.9 Å². The fourth-order valence-electron chi connectivity index (χ4n) is 1.22. The molecular formula is C12H17N3O3. The Bertz CT molecular complexity index is 435. The van der Waals surface area contributed by atoms with Crippen LogP contribution in [0.3, 0.4) is 0 Å². The van der Waals surface area contributed by atoms with Crippen molar-refractivity contribution in [2.24, 2.45) is 0 Å². The molecule has 18 heavy (non-hydrogen) atoms. The maximum atomic E-state index is 11.6. The first-order valence-corrected chi connectivity index (χ1v) is 5.57. The van der Waals surface area contributed by atoms with Crippen LogP contribution >= 0.6 is 0 Å². The first-order valence-electron chi connectivity index (χ1n) is 5.57. The van der Waals surface area contributed by atoms with E-state index in [0.717, 1.165) is 0 Å². The lowest BCUT2D eigenvalue weighted by molar-refractivity contribution is -0.384. The molecule has 6 heteroatoms. The third-order valence-corrected chi connectivity index (χ3v) is 2.14. The molecular weight excluding hydrogens is 234 g/mol. The van der Waals surface area contributed by atoms with E-state index in [9.17, 15) is 14.9 Å². The smallest absolute Gasteiger partial charge is 0.269 e. The molecule has 0 aliphatic heterocycles. The quantitative estimate of drug-likeness (QED) is 0.632. The van der Waals surface area contributed by atoms with Crippen molar-refractivity contribution in [2.45, 2.75) is 26.3 Å². The van der Waals surface area contributed by atoms with Gasteiger partial charge in [0.05, 0.1) is 11.5 Å². The summed E-state index contributed by atoms with van der Waals surface area (Å²) < 4.78 is 0. The van der Waals surface area contributed by atoms with E-state index in [1.807, 2.05) is 20.8 Å². The van der Waals surface area contributed by atoms with E-state index in [2.05, 4.69) is 10.6 Å². The highest BCUT2D eigenvalue weighted by Gasteiger charge is 2.11. The van der Waals surface area contributed by atoms with Crippen LogP contribution in [0, 0.1) is 10.1 Å². The Kier molecular flexibility index (Phi) is 4.38. The molecule has 98 valence electrons. The van der Waals surface area contributed by atoms with Gasteiger partial charge in [0.1, 0.15) is 0 Å². The molecule has 0 heterocycles. The van der Waals surface area contributed by atoms with Crippen molar-refractivity contribution in [3.63, 3.8) is 0 Å². The lowest BCUT2D eigenvalue weighted by Gasteiger charge is -2.19. The van der Waals surface area contributed by atoms with Crippen LogP contribution in [0.1, 0.15) is 20.8 Å². The zero-order chi connectivity index (χ0) is 13.8. The number of hydrogen-bond donors (Lipinski definition) is 2. The van der Waals surface area contributed by atoms with Crippen LogP contribution < -0.4 is 10.6 Å². The van der Waals surface area contributed by atoms with Gasteiger partial charge in [0.15, 0.2) is 0 Å². The van der Waals surface area contributed by atoms with E-state index in [1.165, 1.54) is 24.3 Å². The van der Waals surface area contributed by atoms with Crippen LogP contribution in [-0.2, 0) is 4.79 Å². The molecule has 0 aliphatic carbocycles. The molecule has 0 aliphatic rings. The first-order chi connectivity index (χ1) is 8.28. The van der Waals surface area contributed by atoms with Crippen molar-refractivity contribution in [1.29, 1.82) is 0 Å². The Morgan fingerprint density at radius 3 is 2.28 bits per heavy atom. The minimum Gasteiger partial charge on any atom is -0.325 e. The molecule has 1 amide bonds. The number of hydrogen-bond acceptors (Lipinski definition) is 4. The number of rotatable bonds is 4. The number of nitrogens with zero attached hydrogens (tertiary/aromatic N) is 1. The summed E-state index contributed by atoms with van der Waals surface area (Å²) in [7, 11) is 0. The summed E-state index contributed by atoms with van der Waals surface area (Å²) in [6.45, 7) is 6.09. The lowest BCUT2D eigenvalue weighted by Crippen LogP contribution is -2.41. The van der Waals surface area contributed by atoms with Crippen molar-refractivity contribution in [3.05, 3.63) is 34.4 Å². The zero-order valence-electron chi connectivity index (χ0n) is 10.7. The highest BCUT2D eigenvalue weighted by Crippen LogP contribution is 2.15. The molecule has 0 fully saturated rings. The molecule has 0 unspecified atom stereocenters. The second kappa shape index (κ2) is 5.59. The van der Waals surface area contributed by atoms with Crippen LogP contribution in [0.25, 0.3) is 0 Å². The molecule has 0 spiro atoms. The van der Waals surface area contributed by atoms with Gasteiger partial charge >= 0.3 is 0 Å². The lowest BCUT2D eigenvalue weighted by atomic mass is 10.1. The van der Waals surface area contributed by atoms with Crippen LogP contribution in [0.15, 0.2) is 24.3 Å². The number of anilines is 1. The second-order valence-electron chi connectivity index (χ2n) is 4.96. The summed E-state index contributed by atoms with van der Waals surface area (Å²) >= 11 is 0. The van der Waals surface area contributed by atoms with E-state index in [-0.39, 0.29) is 23.7 Å². The van der Waals surface area contributed by atoms with Crippen molar-refractivity contribution < 1.29 is 9.72 Å². The van der Waals surface area contributed by atoms with Crippen molar-refractivity contribution in [1.82, 2.24) is 5.32 Å². The van der Waals surface area contributed by atoms with Gasteiger partial charge in [-0.2, -0.15) is 0 Å². The average molecular weight is 251 g/mol. The fourth-order valence-corrected chi connectivity index (χ4v) is 1.22. The predicted octanol–water partition coefficient (Wildman–Crippen LogP) is 1.92. The van der Waals surface area contributed by atoms with Crippen LogP contribution in [0.4, 0.5) is 11.4 Å². The fraction of sp³-hybridized carbons (Fsp3) is 0.417. The summed E-state index contributed by atoms with van der Waals surface area (Å²) in [6, 6.07) is 5.72. The second-order valence-corrected chi connectivity index (χ2v) is 4.96.